The van der Waals surface area contributed by atoms with Crippen LogP contribution in [0.25, 0.3) is 0 Å². The first-order chi connectivity index (χ1) is 6.06. The van der Waals surface area contributed by atoms with Crippen LogP contribution in [0.5, 0.6) is 0 Å². The fourth-order valence-electron chi connectivity index (χ4n) is 0.688. The van der Waals surface area contributed by atoms with E-state index >= 15 is 0 Å². The van der Waals surface area contributed by atoms with Crippen LogP contribution in [-0.2, 0) is 4.74 Å². The van der Waals surface area contributed by atoms with Gasteiger partial charge < -0.3 is 16.2 Å². The fraction of sp³-hybridized carbons (Fsp3) is 0.167. The van der Waals surface area contributed by atoms with E-state index in [1.165, 1.54) is 7.11 Å². The molecule has 0 aliphatic carbocycles. The van der Waals surface area contributed by atoms with E-state index in [0.29, 0.717) is 0 Å². The van der Waals surface area contributed by atoms with Gasteiger partial charge in [-0.15, -0.1) is 0 Å². The molecule has 1 heterocycles. The summed E-state index contributed by atoms with van der Waals surface area (Å²) in [7, 11) is 1.23. The lowest BCUT2D eigenvalue weighted by Crippen LogP contribution is -2.12. The normalized spacial score (nSPS) is 9.69. The zero-order valence-electron chi connectivity index (χ0n) is 6.74. The number of hydrogen-bond donors (Lipinski definition) is 2. The van der Waals surface area contributed by atoms with Crippen molar-refractivity contribution in [2.75, 3.05) is 18.6 Å². The molecule has 1 aromatic rings. The van der Waals surface area contributed by atoms with Crippen molar-refractivity contribution < 1.29 is 9.53 Å². The minimum Gasteiger partial charge on any atom is -0.464 e. The molecule has 1 rings (SSSR count). The van der Waals surface area contributed by atoms with Gasteiger partial charge in [0.15, 0.2) is 17.3 Å². The maximum atomic E-state index is 11.0. The molecule has 0 aliphatic rings. The van der Waals surface area contributed by atoms with Crippen LogP contribution < -0.4 is 11.5 Å². The van der Waals surface area contributed by atoms with Crippen molar-refractivity contribution in [2.45, 2.75) is 0 Å². The number of carbonyl (C=O) groups is 1. The van der Waals surface area contributed by atoms with Crippen LogP contribution in [0.3, 0.4) is 0 Å². The number of anilines is 2. The van der Waals surface area contributed by atoms with Crippen molar-refractivity contribution in [1.29, 1.82) is 0 Å². The standard InChI is InChI=1S/C6H7BrN4O2/c1-13-6(12)2-4(8)11-5(9)3(7)10-2/h1H3,(H4,8,9,11). The van der Waals surface area contributed by atoms with Crippen LogP contribution in [0, 0.1) is 0 Å². The highest BCUT2D eigenvalue weighted by molar-refractivity contribution is 9.10. The van der Waals surface area contributed by atoms with E-state index in [1.54, 1.807) is 0 Å². The Bertz CT molecular complexity index is 355. The SMILES string of the molecule is COC(=O)c1nc(Br)c(N)nc1N. The fourth-order valence-corrected chi connectivity index (χ4v) is 0.954. The Morgan fingerprint density at radius 2 is 2.00 bits per heavy atom. The van der Waals surface area contributed by atoms with E-state index in [0.717, 1.165) is 0 Å². The summed E-state index contributed by atoms with van der Waals surface area (Å²) in [5.74, 6) is -0.566. The highest BCUT2D eigenvalue weighted by Crippen LogP contribution is 2.18. The lowest BCUT2D eigenvalue weighted by molar-refractivity contribution is 0.0595. The Balaban J connectivity index is 3.23. The second kappa shape index (κ2) is 3.56. The summed E-state index contributed by atoms with van der Waals surface area (Å²) in [5, 5.41) is 0. The summed E-state index contributed by atoms with van der Waals surface area (Å²) in [6, 6.07) is 0. The van der Waals surface area contributed by atoms with Gasteiger partial charge in [0.1, 0.15) is 4.60 Å². The van der Waals surface area contributed by atoms with E-state index in [2.05, 4.69) is 30.6 Å². The molecular formula is C6H7BrN4O2. The van der Waals surface area contributed by atoms with E-state index in [1.807, 2.05) is 0 Å². The first-order valence-corrected chi connectivity index (χ1v) is 4.02. The molecule has 0 saturated carbocycles. The summed E-state index contributed by atoms with van der Waals surface area (Å²) < 4.78 is 4.69. The summed E-state index contributed by atoms with van der Waals surface area (Å²) in [6.45, 7) is 0. The molecule has 0 aliphatic heterocycles. The van der Waals surface area contributed by atoms with Crippen molar-refractivity contribution in [3.8, 4) is 0 Å². The smallest absolute Gasteiger partial charge is 0.360 e. The molecule has 0 bridgehead atoms. The second-order valence-corrected chi connectivity index (χ2v) is 2.88. The van der Waals surface area contributed by atoms with Gasteiger partial charge in [0.25, 0.3) is 0 Å². The molecule has 1 aromatic heterocycles. The lowest BCUT2D eigenvalue weighted by atomic mass is 10.4. The van der Waals surface area contributed by atoms with E-state index in [9.17, 15) is 4.79 Å². The predicted molar refractivity (Wildman–Crippen MR) is 49.9 cm³/mol. The van der Waals surface area contributed by atoms with Crippen molar-refractivity contribution in [3.63, 3.8) is 0 Å². The van der Waals surface area contributed by atoms with Gasteiger partial charge >= 0.3 is 5.97 Å². The average Bonchev–Trinajstić information content (AvgIpc) is 2.10. The second-order valence-electron chi connectivity index (χ2n) is 2.13. The highest BCUT2D eigenvalue weighted by atomic mass is 79.9. The third-order valence-electron chi connectivity index (χ3n) is 1.28. The maximum Gasteiger partial charge on any atom is 0.360 e. The third kappa shape index (κ3) is 1.86. The van der Waals surface area contributed by atoms with Gasteiger partial charge in [-0.3, -0.25) is 0 Å². The molecule has 13 heavy (non-hydrogen) atoms. The maximum absolute atomic E-state index is 11.0. The molecular weight excluding hydrogens is 240 g/mol. The molecule has 0 amide bonds. The number of halogens is 1. The molecule has 70 valence electrons. The molecule has 0 spiro atoms. The number of carbonyl (C=O) groups excluding carboxylic acids is 1. The van der Waals surface area contributed by atoms with Gasteiger partial charge in [0.2, 0.25) is 0 Å². The molecule has 0 unspecified atom stereocenters. The molecule has 0 atom stereocenters. The lowest BCUT2D eigenvalue weighted by Gasteiger charge is -2.03. The van der Waals surface area contributed by atoms with Crippen LogP contribution in [0.4, 0.5) is 11.6 Å². The molecule has 0 radical (unpaired) electrons. The quantitative estimate of drug-likeness (QED) is 0.686. The topological polar surface area (TPSA) is 104 Å². The molecule has 4 N–H and O–H groups in total. The highest BCUT2D eigenvalue weighted by Gasteiger charge is 2.15. The van der Waals surface area contributed by atoms with Crippen LogP contribution >= 0.6 is 15.9 Å². The van der Waals surface area contributed by atoms with Gasteiger partial charge in [-0.25, -0.2) is 14.8 Å². The van der Waals surface area contributed by atoms with Gasteiger partial charge in [-0.2, -0.15) is 0 Å². The van der Waals surface area contributed by atoms with E-state index in [-0.39, 0.29) is 21.9 Å². The van der Waals surface area contributed by atoms with Crippen LogP contribution in [0.1, 0.15) is 10.5 Å². The van der Waals surface area contributed by atoms with Gasteiger partial charge in [0, 0.05) is 0 Å². The Morgan fingerprint density at radius 1 is 1.38 bits per heavy atom. The van der Waals surface area contributed by atoms with Crippen LogP contribution in [-0.4, -0.2) is 23.0 Å². The van der Waals surface area contributed by atoms with Crippen molar-refractivity contribution in [2.24, 2.45) is 0 Å². The minimum absolute atomic E-state index is 0.0486. The summed E-state index contributed by atoms with van der Waals surface area (Å²) in [6.07, 6.45) is 0. The minimum atomic E-state index is -0.648. The summed E-state index contributed by atoms with van der Waals surface area (Å²) >= 11 is 3.02. The monoisotopic (exact) mass is 246 g/mol. The van der Waals surface area contributed by atoms with Crippen molar-refractivity contribution in [3.05, 3.63) is 10.3 Å². The van der Waals surface area contributed by atoms with Gasteiger partial charge in [0.05, 0.1) is 7.11 Å². The number of ether oxygens (including phenoxy) is 1. The molecule has 0 aromatic carbocycles. The first kappa shape index (κ1) is 9.72. The molecule has 0 saturated heterocycles. The zero-order valence-corrected chi connectivity index (χ0v) is 8.33. The Hall–Kier alpha value is -1.37. The van der Waals surface area contributed by atoms with Crippen LogP contribution in [0.15, 0.2) is 4.60 Å². The number of methoxy groups -OCH3 is 1. The number of hydrogen-bond acceptors (Lipinski definition) is 6. The Kier molecular flexibility index (Phi) is 2.66. The predicted octanol–water partition coefficient (Wildman–Crippen LogP) is 0.190. The van der Waals surface area contributed by atoms with E-state index in [4.69, 9.17) is 11.5 Å². The Morgan fingerprint density at radius 3 is 2.54 bits per heavy atom. The number of aromatic nitrogens is 2. The van der Waals surface area contributed by atoms with E-state index < -0.39 is 5.97 Å². The Labute approximate surface area is 82.4 Å². The molecule has 7 heteroatoms. The number of rotatable bonds is 1. The van der Waals surface area contributed by atoms with Gasteiger partial charge in [-0.1, -0.05) is 0 Å². The molecule has 6 nitrogen and oxygen atoms in total. The van der Waals surface area contributed by atoms with Crippen molar-refractivity contribution in [1.82, 2.24) is 9.97 Å². The summed E-state index contributed by atoms with van der Waals surface area (Å²) in [4.78, 5) is 18.5. The van der Waals surface area contributed by atoms with Crippen molar-refractivity contribution >= 4 is 33.5 Å². The molecule has 0 fully saturated rings. The number of nitrogens with two attached hydrogens (primary N) is 2. The number of nitrogens with zero attached hydrogens (tertiary/aromatic N) is 2. The number of esters is 1. The average molecular weight is 247 g/mol. The number of nitrogen functional groups attached to an aromatic ring is 2. The summed E-state index contributed by atoms with van der Waals surface area (Å²) in [5.41, 5.74) is 10.7. The third-order valence-corrected chi connectivity index (χ3v) is 1.87. The van der Waals surface area contributed by atoms with Crippen LogP contribution in [0.2, 0.25) is 0 Å². The largest absolute Gasteiger partial charge is 0.464 e. The zero-order chi connectivity index (χ0) is 10.0. The first-order valence-electron chi connectivity index (χ1n) is 3.23. The van der Waals surface area contributed by atoms with Gasteiger partial charge in [-0.05, 0) is 15.9 Å².